The molecule has 0 unspecified atom stereocenters. The zero-order chi connectivity index (χ0) is 20.6. The molecule has 0 atom stereocenters. The van der Waals surface area contributed by atoms with Crippen molar-refractivity contribution in [3.05, 3.63) is 23.8 Å². The monoisotopic (exact) mass is 410 g/mol. The van der Waals surface area contributed by atoms with Gasteiger partial charge in [-0.2, -0.15) is 17.6 Å². The molecule has 1 aromatic carbocycles. The lowest BCUT2D eigenvalue weighted by molar-refractivity contribution is -0.286. The summed E-state index contributed by atoms with van der Waals surface area (Å²) in [5.41, 5.74) is -1.05. The van der Waals surface area contributed by atoms with Gasteiger partial charge in [0.05, 0.1) is 0 Å². The Labute approximate surface area is 160 Å². The Morgan fingerprint density at radius 3 is 2.25 bits per heavy atom. The predicted molar refractivity (Wildman–Crippen MR) is 91.1 cm³/mol. The summed E-state index contributed by atoms with van der Waals surface area (Å²) < 4.78 is 93.2. The topological polar surface area (TPSA) is 18.5 Å². The van der Waals surface area contributed by atoms with Crippen LogP contribution < -0.4 is 9.47 Å². The fourth-order valence-corrected chi connectivity index (χ4v) is 4.09. The molecule has 2 aliphatic rings. The first kappa shape index (κ1) is 21.1. The van der Waals surface area contributed by atoms with E-state index in [1.54, 1.807) is 0 Å². The van der Waals surface area contributed by atoms with E-state index in [-0.39, 0.29) is 12.8 Å². The van der Waals surface area contributed by atoms with Gasteiger partial charge in [0.1, 0.15) is 0 Å². The largest absolute Gasteiger partial charge is 0.586 e. The molecule has 0 radical (unpaired) electrons. The second-order valence-corrected chi connectivity index (χ2v) is 7.74. The molecule has 28 heavy (non-hydrogen) atoms. The second-order valence-electron chi connectivity index (χ2n) is 7.74. The number of benzene rings is 1. The third-order valence-electron chi connectivity index (χ3n) is 5.76. The normalized spacial score (nSPS) is 24.4. The predicted octanol–water partition coefficient (Wildman–Crippen LogP) is 7.12. The van der Waals surface area contributed by atoms with Crippen molar-refractivity contribution in [3.63, 3.8) is 0 Å². The first-order valence-corrected chi connectivity index (χ1v) is 9.73. The van der Waals surface area contributed by atoms with E-state index < -0.39 is 41.1 Å². The lowest BCUT2D eigenvalue weighted by atomic mass is 9.75. The van der Waals surface area contributed by atoms with E-state index >= 15 is 0 Å². The first-order valence-electron chi connectivity index (χ1n) is 9.73. The molecule has 1 aliphatic heterocycles. The van der Waals surface area contributed by atoms with Gasteiger partial charge in [0.15, 0.2) is 11.5 Å². The molecule has 0 saturated heterocycles. The van der Waals surface area contributed by atoms with Crippen molar-refractivity contribution < 1.29 is 35.8 Å². The number of hydrogen-bond acceptors (Lipinski definition) is 2. The molecule has 1 aliphatic carbocycles. The van der Waals surface area contributed by atoms with Crippen molar-refractivity contribution in [3.8, 4) is 11.5 Å². The highest BCUT2D eigenvalue weighted by atomic mass is 19.3. The van der Waals surface area contributed by atoms with E-state index in [9.17, 15) is 26.3 Å². The Morgan fingerprint density at radius 1 is 0.964 bits per heavy atom. The summed E-state index contributed by atoms with van der Waals surface area (Å²) >= 11 is 0. The van der Waals surface area contributed by atoms with Crippen LogP contribution in [0.15, 0.2) is 18.2 Å². The Bertz CT molecular complexity index is 683. The van der Waals surface area contributed by atoms with Crippen LogP contribution in [-0.4, -0.2) is 12.2 Å². The number of alkyl halides is 6. The molecule has 1 fully saturated rings. The standard InChI is InChI=1S/C20H24F6O2/c1-2-3-4-5-13-6-8-14(9-7-13)18(21,22)19(23,24)15-10-11-16-17(12-15)28-20(25,26)27-16/h10-14H,2-9H2,1H3. The summed E-state index contributed by atoms with van der Waals surface area (Å²) in [6, 6.07) is 2.01. The molecule has 0 spiro atoms. The quantitative estimate of drug-likeness (QED) is 0.352. The zero-order valence-corrected chi connectivity index (χ0v) is 15.6. The molecular weight excluding hydrogens is 386 g/mol. The third-order valence-corrected chi connectivity index (χ3v) is 5.76. The van der Waals surface area contributed by atoms with Crippen LogP contribution in [0.1, 0.15) is 63.9 Å². The third kappa shape index (κ3) is 4.06. The SMILES string of the molecule is CCCCCC1CCC(C(F)(F)C(F)(F)c2ccc3c(c2)OC(F)(F)O3)CC1. The van der Waals surface area contributed by atoms with Crippen molar-refractivity contribution in [1.29, 1.82) is 0 Å². The van der Waals surface area contributed by atoms with E-state index in [4.69, 9.17) is 0 Å². The van der Waals surface area contributed by atoms with Gasteiger partial charge in [-0.1, -0.05) is 32.6 Å². The van der Waals surface area contributed by atoms with Gasteiger partial charge in [-0.3, -0.25) is 0 Å². The van der Waals surface area contributed by atoms with Crippen LogP contribution in [0.4, 0.5) is 26.3 Å². The van der Waals surface area contributed by atoms with Crippen molar-refractivity contribution in [2.45, 2.75) is 76.4 Å². The minimum Gasteiger partial charge on any atom is -0.395 e. The van der Waals surface area contributed by atoms with Crippen molar-refractivity contribution in [2.24, 2.45) is 11.8 Å². The highest BCUT2D eigenvalue weighted by molar-refractivity contribution is 5.46. The number of rotatable bonds is 7. The smallest absolute Gasteiger partial charge is 0.395 e. The maximum absolute atomic E-state index is 14.7. The second kappa shape index (κ2) is 7.67. The molecule has 3 rings (SSSR count). The van der Waals surface area contributed by atoms with E-state index in [1.807, 2.05) is 0 Å². The van der Waals surface area contributed by atoms with E-state index in [2.05, 4.69) is 16.4 Å². The summed E-state index contributed by atoms with van der Waals surface area (Å²) in [6.45, 7) is 2.08. The minimum atomic E-state index is -4.50. The van der Waals surface area contributed by atoms with Crippen LogP contribution in [0.2, 0.25) is 0 Å². The lowest BCUT2D eigenvalue weighted by Crippen LogP contribution is -2.45. The molecule has 1 saturated carbocycles. The van der Waals surface area contributed by atoms with Crippen LogP contribution >= 0.6 is 0 Å². The molecular formula is C20H24F6O2. The van der Waals surface area contributed by atoms with Gasteiger partial charge < -0.3 is 9.47 Å². The summed E-state index contributed by atoms with van der Waals surface area (Å²) in [5, 5.41) is 0. The molecule has 1 heterocycles. The average molecular weight is 410 g/mol. The molecule has 0 N–H and O–H groups in total. The van der Waals surface area contributed by atoms with Crippen LogP contribution in [0.3, 0.4) is 0 Å². The van der Waals surface area contributed by atoms with E-state index in [0.29, 0.717) is 30.9 Å². The molecule has 158 valence electrons. The lowest BCUT2D eigenvalue weighted by Gasteiger charge is -2.37. The minimum absolute atomic E-state index is 0.0298. The zero-order valence-electron chi connectivity index (χ0n) is 15.6. The van der Waals surface area contributed by atoms with Gasteiger partial charge in [-0.05, 0) is 49.8 Å². The Kier molecular flexibility index (Phi) is 5.79. The highest BCUT2D eigenvalue weighted by Crippen LogP contribution is 2.53. The first-order chi connectivity index (χ1) is 13.1. The van der Waals surface area contributed by atoms with Gasteiger partial charge >= 0.3 is 18.1 Å². The summed E-state index contributed by atoms with van der Waals surface area (Å²) in [6.07, 6.45) is 1.21. The number of unbranched alkanes of at least 4 members (excludes halogenated alkanes) is 2. The number of halogens is 6. The van der Waals surface area contributed by atoms with Crippen molar-refractivity contribution in [2.75, 3.05) is 0 Å². The van der Waals surface area contributed by atoms with Gasteiger partial charge in [0, 0.05) is 11.5 Å². The van der Waals surface area contributed by atoms with E-state index in [1.165, 1.54) is 0 Å². The molecule has 2 nitrogen and oxygen atoms in total. The van der Waals surface area contributed by atoms with Gasteiger partial charge in [-0.15, -0.1) is 8.78 Å². The van der Waals surface area contributed by atoms with Crippen LogP contribution in [-0.2, 0) is 5.92 Å². The van der Waals surface area contributed by atoms with Gasteiger partial charge in [0.2, 0.25) is 0 Å². The molecule has 0 amide bonds. The van der Waals surface area contributed by atoms with Gasteiger partial charge in [-0.25, -0.2) is 0 Å². The Balaban J connectivity index is 1.69. The van der Waals surface area contributed by atoms with Crippen LogP contribution in [0, 0.1) is 11.8 Å². The average Bonchev–Trinajstić information content (AvgIpc) is 2.95. The van der Waals surface area contributed by atoms with Crippen LogP contribution in [0.5, 0.6) is 11.5 Å². The number of fused-ring (bicyclic) bond motifs is 1. The molecule has 1 aromatic rings. The fourth-order valence-electron chi connectivity index (χ4n) is 4.09. The summed E-state index contributed by atoms with van der Waals surface area (Å²) in [5.74, 6) is -11.0. The fraction of sp³-hybridized carbons (Fsp3) is 0.700. The number of ether oxygens (including phenoxy) is 2. The van der Waals surface area contributed by atoms with E-state index in [0.717, 1.165) is 31.7 Å². The summed E-state index contributed by atoms with van der Waals surface area (Å²) in [4.78, 5) is 0. The molecule has 0 bridgehead atoms. The highest BCUT2D eigenvalue weighted by Gasteiger charge is 2.62. The maximum atomic E-state index is 14.7. The van der Waals surface area contributed by atoms with Gasteiger partial charge in [0.25, 0.3) is 0 Å². The van der Waals surface area contributed by atoms with Crippen LogP contribution in [0.25, 0.3) is 0 Å². The maximum Gasteiger partial charge on any atom is 0.586 e. The Hall–Kier alpha value is -1.60. The molecule has 8 heteroatoms. The summed E-state index contributed by atoms with van der Waals surface area (Å²) in [7, 11) is 0. The van der Waals surface area contributed by atoms with Crippen molar-refractivity contribution >= 4 is 0 Å². The van der Waals surface area contributed by atoms with Crippen molar-refractivity contribution in [1.82, 2.24) is 0 Å². The Morgan fingerprint density at radius 2 is 1.61 bits per heavy atom. The molecule has 0 aromatic heterocycles. The number of hydrogen-bond donors (Lipinski definition) is 0.